The molecular formula is C25H32N6O2. The van der Waals surface area contributed by atoms with Gasteiger partial charge in [0.05, 0.1) is 30.2 Å². The van der Waals surface area contributed by atoms with Crippen LogP contribution in [0.4, 0.5) is 10.5 Å². The maximum absolute atomic E-state index is 13.6. The zero-order valence-electron chi connectivity index (χ0n) is 19.7. The topological polar surface area (TPSA) is 85.6 Å². The SMILES string of the molecule is COCCCN1C(=O)N(c2cnc(C#N)nc2)C[C@]12CC[C@](c1ccccc1)(N(C)C)CC2. The summed E-state index contributed by atoms with van der Waals surface area (Å²) in [5.41, 5.74) is 1.68. The van der Waals surface area contributed by atoms with Gasteiger partial charge in [-0.3, -0.25) is 9.80 Å². The summed E-state index contributed by atoms with van der Waals surface area (Å²) < 4.78 is 5.26. The van der Waals surface area contributed by atoms with Gasteiger partial charge in [-0.2, -0.15) is 5.26 Å². The number of benzene rings is 1. The maximum atomic E-state index is 13.6. The van der Waals surface area contributed by atoms with E-state index in [4.69, 9.17) is 10.00 Å². The molecule has 2 heterocycles. The fraction of sp³-hybridized carbons (Fsp3) is 0.520. The van der Waals surface area contributed by atoms with Gasteiger partial charge in [0.1, 0.15) is 6.07 Å². The molecule has 2 fully saturated rings. The van der Waals surface area contributed by atoms with Crippen molar-refractivity contribution in [3.8, 4) is 6.07 Å². The molecule has 4 rings (SSSR count). The molecule has 0 bridgehead atoms. The van der Waals surface area contributed by atoms with Crippen molar-refractivity contribution in [2.45, 2.75) is 43.2 Å². The summed E-state index contributed by atoms with van der Waals surface area (Å²) in [6.45, 7) is 1.87. The van der Waals surface area contributed by atoms with Gasteiger partial charge < -0.3 is 9.64 Å². The molecule has 1 spiro atoms. The highest BCUT2D eigenvalue weighted by atomic mass is 16.5. The zero-order chi connectivity index (χ0) is 23.5. The van der Waals surface area contributed by atoms with Crippen molar-refractivity contribution in [1.82, 2.24) is 19.8 Å². The van der Waals surface area contributed by atoms with E-state index in [1.54, 1.807) is 24.4 Å². The number of methoxy groups -OCH3 is 1. The minimum Gasteiger partial charge on any atom is -0.385 e. The number of nitrogens with zero attached hydrogens (tertiary/aromatic N) is 6. The molecule has 2 aromatic rings. The second kappa shape index (κ2) is 9.46. The second-order valence-electron chi connectivity index (χ2n) is 9.26. The molecule has 8 heteroatoms. The van der Waals surface area contributed by atoms with Crippen LogP contribution in [0, 0.1) is 11.3 Å². The fourth-order valence-electron chi connectivity index (χ4n) is 5.52. The van der Waals surface area contributed by atoms with Crippen molar-refractivity contribution in [1.29, 1.82) is 5.26 Å². The molecule has 1 aromatic heterocycles. The molecule has 174 valence electrons. The normalized spacial score (nSPS) is 25.1. The standard InChI is InChI=1S/C25H32N6O2/c1-29(2)25(20-8-5-4-6-9-20)12-10-24(11-13-25)19-30(21-17-27-22(16-26)28-18-21)23(32)31(24)14-7-15-33-3/h4-6,8-9,17-18H,7,10-15,19H2,1-3H3/t24-,25+. The molecule has 1 aliphatic carbocycles. The highest BCUT2D eigenvalue weighted by Gasteiger charge is 2.54. The molecule has 2 aliphatic rings. The Bertz CT molecular complexity index is 994. The minimum atomic E-state index is -0.243. The number of amides is 2. The van der Waals surface area contributed by atoms with Crippen LogP contribution in [-0.4, -0.2) is 72.2 Å². The Hall–Kier alpha value is -3.02. The third-order valence-corrected chi connectivity index (χ3v) is 7.44. The van der Waals surface area contributed by atoms with Crippen molar-refractivity contribution in [2.75, 3.05) is 45.8 Å². The predicted octanol–water partition coefficient (Wildman–Crippen LogP) is 3.40. The average Bonchev–Trinajstić information content (AvgIpc) is 3.11. The number of ether oxygens (including phenoxy) is 1. The van der Waals surface area contributed by atoms with Crippen LogP contribution < -0.4 is 4.90 Å². The van der Waals surface area contributed by atoms with Crippen molar-refractivity contribution < 1.29 is 9.53 Å². The van der Waals surface area contributed by atoms with Gasteiger partial charge in [-0.15, -0.1) is 0 Å². The number of carbonyl (C=O) groups is 1. The van der Waals surface area contributed by atoms with Crippen LogP contribution in [0.5, 0.6) is 0 Å². The number of nitriles is 1. The number of carbonyl (C=O) groups excluding carboxylic acids is 1. The summed E-state index contributed by atoms with van der Waals surface area (Å²) in [4.78, 5) is 27.9. The monoisotopic (exact) mass is 448 g/mol. The van der Waals surface area contributed by atoms with Gasteiger partial charge in [-0.25, -0.2) is 14.8 Å². The van der Waals surface area contributed by atoms with Crippen LogP contribution in [0.2, 0.25) is 0 Å². The lowest BCUT2D eigenvalue weighted by molar-refractivity contribution is 0.0240. The van der Waals surface area contributed by atoms with Crippen LogP contribution in [-0.2, 0) is 10.3 Å². The highest BCUT2D eigenvalue weighted by Crippen LogP contribution is 2.49. The van der Waals surface area contributed by atoms with Gasteiger partial charge in [-0.05, 0) is 51.8 Å². The van der Waals surface area contributed by atoms with Crippen LogP contribution in [0.15, 0.2) is 42.7 Å². The smallest absolute Gasteiger partial charge is 0.325 e. The first-order valence-corrected chi connectivity index (χ1v) is 11.5. The highest BCUT2D eigenvalue weighted by molar-refractivity contribution is 5.95. The van der Waals surface area contributed by atoms with Gasteiger partial charge in [0, 0.05) is 25.8 Å². The Morgan fingerprint density at radius 2 is 1.79 bits per heavy atom. The molecular weight excluding hydrogens is 416 g/mol. The van der Waals surface area contributed by atoms with E-state index < -0.39 is 0 Å². The van der Waals surface area contributed by atoms with Crippen molar-refractivity contribution >= 4 is 11.7 Å². The van der Waals surface area contributed by atoms with E-state index in [0.717, 1.165) is 32.1 Å². The van der Waals surface area contributed by atoms with Crippen LogP contribution in [0.25, 0.3) is 0 Å². The lowest BCUT2D eigenvalue weighted by atomic mass is 9.68. The Morgan fingerprint density at radius 3 is 2.36 bits per heavy atom. The van der Waals surface area contributed by atoms with E-state index in [-0.39, 0.29) is 22.9 Å². The average molecular weight is 449 g/mol. The predicted molar refractivity (Wildman–Crippen MR) is 126 cm³/mol. The third kappa shape index (κ3) is 4.19. The van der Waals surface area contributed by atoms with E-state index in [2.05, 4.69) is 64.2 Å². The van der Waals surface area contributed by atoms with E-state index >= 15 is 0 Å². The van der Waals surface area contributed by atoms with E-state index in [1.165, 1.54) is 5.56 Å². The maximum Gasteiger partial charge on any atom is 0.325 e. The summed E-state index contributed by atoms with van der Waals surface area (Å²) in [6, 6.07) is 12.6. The zero-order valence-corrected chi connectivity index (χ0v) is 19.7. The molecule has 33 heavy (non-hydrogen) atoms. The van der Waals surface area contributed by atoms with Gasteiger partial charge in [0.15, 0.2) is 0 Å². The summed E-state index contributed by atoms with van der Waals surface area (Å²) in [5, 5.41) is 9.02. The molecule has 1 aromatic carbocycles. The summed E-state index contributed by atoms with van der Waals surface area (Å²) in [7, 11) is 6.00. The Kier molecular flexibility index (Phi) is 6.63. The number of rotatable bonds is 7. The molecule has 1 saturated heterocycles. The lowest BCUT2D eigenvalue weighted by Gasteiger charge is -2.51. The fourth-order valence-corrected chi connectivity index (χ4v) is 5.52. The number of aromatic nitrogens is 2. The van der Waals surface area contributed by atoms with Crippen molar-refractivity contribution in [3.05, 3.63) is 54.1 Å². The molecule has 1 saturated carbocycles. The van der Waals surface area contributed by atoms with E-state index in [0.29, 0.717) is 25.4 Å². The van der Waals surface area contributed by atoms with Gasteiger partial charge in [0.25, 0.3) is 0 Å². The largest absolute Gasteiger partial charge is 0.385 e. The van der Waals surface area contributed by atoms with Crippen molar-refractivity contribution in [3.63, 3.8) is 0 Å². The molecule has 0 atom stereocenters. The number of urea groups is 1. The van der Waals surface area contributed by atoms with Crippen LogP contribution >= 0.6 is 0 Å². The van der Waals surface area contributed by atoms with Gasteiger partial charge in [0.2, 0.25) is 5.82 Å². The summed E-state index contributed by atoms with van der Waals surface area (Å²) in [5.74, 6) is 0.105. The first kappa shape index (κ1) is 23.1. The minimum absolute atomic E-state index is 0.0172. The van der Waals surface area contributed by atoms with Gasteiger partial charge >= 0.3 is 6.03 Å². The molecule has 2 amide bonds. The molecule has 8 nitrogen and oxygen atoms in total. The Morgan fingerprint density at radius 1 is 1.12 bits per heavy atom. The number of anilines is 1. The van der Waals surface area contributed by atoms with Crippen molar-refractivity contribution in [2.24, 2.45) is 0 Å². The quantitative estimate of drug-likeness (QED) is 0.604. The Labute approximate surface area is 195 Å². The van der Waals surface area contributed by atoms with E-state index in [1.807, 2.05) is 6.07 Å². The van der Waals surface area contributed by atoms with E-state index in [9.17, 15) is 4.79 Å². The summed E-state index contributed by atoms with van der Waals surface area (Å²) in [6.07, 6.45) is 7.70. The molecule has 0 N–H and O–H groups in total. The van der Waals surface area contributed by atoms with Crippen LogP contribution in [0.1, 0.15) is 43.5 Å². The first-order valence-electron chi connectivity index (χ1n) is 11.5. The second-order valence-corrected chi connectivity index (χ2v) is 9.26. The number of hydrogen-bond donors (Lipinski definition) is 0. The third-order valence-electron chi connectivity index (χ3n) is 7.44. The van der Waals surface area contributed by atoms with Gasteiger partial charge in [-0.1, -0.05) is 30.3 Å². The molecule has 0 unspecified atom stereocenters. The number of hydrogen-bond acceptors (Lipinski definition) is 6. The molecule has 1 aliphatic heterocycles. The van der Waals surface area contributed by atoms with Crippen LogP contribution in [0.3, 0.4) is 0 Å². The first-order chi connectivity index (χ1) is 16.0. The summed E-state index contributed by atoms with van der Waals surface area (Å²) >= 11 is 0. The lowest BCUT2D eigenvalue weighted by Crippen LogP contribution is -2.55. The Balaban J connectivity index is 1.62. The molecule has 0 radical (unpaired) electrons.